The molecule has 0 aliphatic carbocycles. The van der Waals surface area contributed by atoms with E-state index in [1.807, 2.05) is 6.92 Å². The van der Waals surface area contributed by atoms with Crippen LogP contribution in [0.5, 0.6) is 0 Å². The third-order valence-electron chi connectivity index (χ3n) is 3.52. The van der Waals surface area contributed by atoms with Gasteiger partial charge in [-0.3, -0.25) is 4.79 Å². The Morgan fingerprint density at radius 1 is 0.905 bits per heavy atom. The molecule has 0 rings (SSSR count). The van der Waals surface area contributed by atoms with Crippen LogP contribution in [0.4, 0.5) is 0 Å². The summed E-state index contributed by atoms with van der Waals surface area (Å²) in [5, 5.41) is 0. The molecule has 0 aromatic heterocycles. The highest BCUT2D eigenvalue weighted by Gasteiger charge is 2.03. The van der Waals surface area contributed by atoms with Gasteiger partial charge in [-0.25, -0.2) is 0 Å². The number of esters is 1. The number of hydrogen-bond donors (Lipinski definition) is 0. The fourth-order valence-electron chi connectivity index (χ4n) is 2.09. The number of unbranched alkanes of at least 4 members (excludes halogenated alkanes) is 8. The van der Waals surface area contributed by atoms with Crippen molar-refractivity contribution in [3.8, 4) is 0 Å². The van der Waals surface area contributed by atoms with Crippen molar-refractivity contribution in [3.05, 3.63) is 0 Å². The van der Waals surface area contributed by atoms with Crippen LogP contribution >= 0.6 is 0 Å². The first kappa shape index (κ1) is 20.4. The van der Waals surface area contributed by atoms with Crippen molar-refractivity contribution in [2.45, 2.75) is 84.3 Å². The Kier molecular flexibility index (Phi) is 15.3. The molecule has 4 heteroatoms. The largest absolute Gasteiger partial charge is 0.463 e. The molecule has 1 atom stereocenters. The molecule has 0 saturated heterocycles. The highest BCUT2D eigenvalue weighted by molar-refractivity contribution is 5.69. The normalized spacial score (nSPS) is 12.3. The van der Waals surface area contributed by atoms with Crippen LogP contribution in [0.3, 0.4) is 0 Å². The fourth-order valence-corrected chi connectivity index (χ4v) is 2.09. The second-order valence-corrected chi connectivity index (χ2v) is 5.47. The van der Waals surface area contributed by atoms with Gasteiger partial charge in [-0.1, -0.05) is 58.3 Å². The third-order valence-corrected chi connectivity index (χ3v) is 3.52. The molecule has 0 bridgehead atoms. The van der Waals surface area contributed by atoms with Gasteiger partial charge in [0.05, 0.1) is 6.61 Å². The Hall–Kier alpha value is -0.610. The highest BCUT2D eigenvalue weighted by atomic mass is 16.7. The molecule has 0 N–H and O–H groups in total. The van der Waals surface area contributed by atoms with Crippen molar-refractivity contribution in [3.63, 3.8) is 0 Å². The van der Waals surface area contributed by atoms with Crippen molar-refractivity contribution >= 4 is 5.97 Å². The molecule has 0 radical (unpaired) electrons. The van der Waals surface area contributed by atoms with Crippen LogP contribution in [-0.2, 0) is 19.0 Å². The van der Waals surface area contributed by atoms with E-state index in [1.54, 1.807) is 7.11 Å². The molecule has 0 aliphatic rings. The molecule has 0 fully saturated rings. The van der Waals surface area contributed by atoms with Crippen molar-refractivity contribution in [1.82, 2.24) is 0 Å². The molecule has 126 valence electrons. The molecular weight excluding hydrogens is 268 g/mol. The fraction of sp³-hybridized carbons (Fsp3) is 0.941. The Balaban J connectivity index is 3.19. The van der Waals surface area contributed by atoms with E-state index in [1.165, 1.54) is 44.9 Å². The smallest absolute Gasteiger partial charge is 0.305 e. The number of ether oxygens (including phenoxy) is 3. The SMILES string of the molecule is CCCCCCCCCCCC(=O)OCCOC(C)OC. The van der Waals surface area contributed by atoms with Gasteiger partial charge in [-0.15, -0.1) is 0 Å². The number of carbonyl (C=O) groups excluding carboxylic acids is 1. The van der Waals surface area contributed by atoms with Gasteiger partial charge in [-0.2, -0.15) is 0 Å². The summed E-state index contributed by atoms with van der Waals surface area (Å²) in [5.74, 6) is -0.119. The molecule has 0 aliphatic heterocycles. The standard InChI is InChI=1S/C17H34O4/c1-4-5-6-7-8-9-10-11-12-13-17(18)21-15-14-20-16(2)19-3/h16H,4-15H2,1-3H3. The summed E-state index contributed by atoms with van der Waals surface area (Å²) >= 11 is 0. The first-order valence-corrected chi connectivity index (χ1v) is 8.50. The van der Waals surface area contributed by atoms with Crippen LogP contribution in [0, 0.1) is 0 Å². The van der Waals surface area contributed by atoms with E-state index < -0.39 is 0 Å². The van der Waals surface area contributed by atoms with Gasteiger partial charge in [0.2, 0.25) is 0 Å². The van der Waals surface area contributed by atoms with Gasteiger partial charge in [0.1, 0.15) is 6.61 Å². The summed E-state index contributed by atoms with van der Waals surface area (Å²) in [7, 11) is 1.58. The quantitative estimate of drug-likeness (QED) is 0.254. The van der Waals surface area contributed by atoms with Gasteiger partial charge >= 0.3 is 5.97 Å². The second-order valence-electron chi connectivity index (χ2n) is 5.47. The lowest BCUT2D eigenvalue weighted by Crippen LogP contribution is -2.16. The van der Waals surface area contributed by atoms with Gasteiger partial charge < -0.3 is 14.2 Å². The third kappa shape index (κ3) is 15.6. The highest BCUT2D eigenvalue weighted by Crippen LogP contribution is 2.10. The Bertz CT molecular complexity index is 231. The van der Waals surface area contributed by atoms with E-state index in [4.69, 9.17) is 14.2 Å². The van der Waals surface area contributed by atoms with Gasteiger partial charge in [0, 0.05) is 13.5 Å². The monoisotopic (exact) mass is 302 g/mol. The van der Waals surface area contributed by atoms with Crippen LogP contribution in [0.15, 0.2) is 0 Å². The zero-order chi connectivity index (χ0) is 15.8. The minimum atomic E-state index is -0.249. The van der Waals surface area contributed by atoms with Crippen LogP contribution in [0.1, 0.15) is 78.1 Å². The van der Waals surface area contributed by atoms with Crippen molar-refractivity contribution in [2.24, 2.45) is 0 Å². The van der Waals surface area contributed by atoms with Crippen molar-refractivity contribution in [2.75, 3.05) is 20.3 Å². The maximum Gasteiger partial charge on any atom is 0.305 e. The maximum atomic E-state index is 11.5. The van der Waals surface area contributed by atoms with E-state index in [2.05, 4.69) is 6.92 Å². The molecule has 1 unspecified atom stereocenters. The van der Waals surface area contributed by atoms with Crippen LogP contribution in [-0.4, -0.2) is 32.6 Å². The molecule has 0 amide bonds. The van der Waals surface area contributed by atoms with E-state index in [0.717, 1.165) is 12.8 Å². The lowest BCUT2D eigenvalue weighted by atomic mass is 10.1. The molecule has 0 heterocycles. The second kappa shape index (κ2) is 15.8. The van der Waals surface area contributed by atoms with Crippen LogP contribution < -0.4 is 0 Å². The zero-order valence-corrected chi connectivity index (χ0v) is 14.2. The number of carbonyl (C=O) groups is 1. The number of rotatable bonds is 15. The zero-order valence-electron chi connectivity index (χ0n) is 14.2. The Morgan fingerprint density at radius 2 is 1.48 bits per heavy atom. The van der Waals surface area contributed by atoms with E-state index in [0.29, 0.717) is 19.6 Å². The van der Waals surface area contributed by atoms with E-state index in [9.17, 15) is 4.79 Å². The number of hydrogen-bond acceptors (Lipinski definition) is 4. The molecule has 21 heavy (non-hydrogen) atoms. The molecule has 0 aromatic carbocycles. The number of methoxy groups -OCH3 is 1. The summed E-state index contributed by atoms with van der Waals surface area (Å²) in [4.78, 5) is 11.5. The predicted molar refractivity (Wildman–Crippen MR) is 85.2 cm³/mol. The predicted octanol–water partition coefficient (Wildman–Crippen LogP) is 4.46. The Morgan fingerprint density at radius 3 is 2.05 bits per heavy atom. The van der Waals surface area contributed by atoms with Gasteiger partial charge in [-0.05, 0) is 13.3 Å². The summed E-state index contributed by atoms with van der Waals surface area (Å²) in [6.45, 7) is 4.75. The van der Waals surface area contributed by atoms with Gasteiger partial charge in [0.15, 0.2) is 6.29 Å². The average Bonchev–Trinajstić information content (AvgIpc) is 2.49. The van der Waals surface area contributed by atoms with E-state index >= 15 is 0 Å². The molecule has 0 spiro atoms. The minimum Gasteiger partial charge on any atom is -0.463 e. The lowest BCUT2D eigenvalue weighted by Gasteiger charge is -2.10. The first-order chi connectivity index (χ1) is 10.2. The topological polar surface area (TPSA) is 44.8 Å². The van der Waals surface area contributed by atoms with Gasteiger partial charge in [0.25, 0.3) is 0 Å². The summed E-state index contributed by atoms with van der Waals surface area (Å²) < 4.78 is 15.3. The first-order valence-electron chi connectivity index (χ1n) is 8.50. The summed E-state index contributed by atoms with van der Waals surface area (Å²) in [6, 6.07) is 0. The summed E-state index contributed by atoms with van der Waals surface area (Å²) in [5.41, 5.74) is 0. The maximum absolute atomic E-state index is 11.5. The van der Waals surface area contributed by atoms with Crippen LogP contribution in [0.25, 0.3) is 0 Å². The molecule has 0 aromatic rings. The van der Waals surface area contributed by atoms with Crippen molar-refractivity contribution in [1.29, 1.82) is 0 Å². The average molecular weight is 302 g/mol. The lowest BCUT2D eigenvalue weighted by molar-refractivity contribution is -0.152. The minimum absolute atomic E-state index is 0.119. The molecular formula is C17H34O4. The molecule has 4 nitrogen and oxygen atoms in total. The van der Waals surface area contributed by atoms with Crippen LogP contribution in [0.2, 0.25) is 0 Å². The summed E-state index contributed by atoms with van der Waals surface area (Å²) in [6.07, 6.45) is 11.6. The van der Waals surface area contributed by atoms with Crippen molar-refractivity contribution < 1.29 is 19.0 Å². The molecule has 0 saturated carbocycles. The van der Waals surface area contributed by atoms with E-state index in [-0.39, 0.29) is 12.3 Å². The Labute approximate surface area is 130 Å².